The molecule has 0 aliphatic carbocycles. The van der Waals surface area contributed by atoms with Gasteiger partial charge in [-0.3, -0.25) is 4.79 Å². The first-order valence-electron chi connectivity index (χ1n) is 6.70. The number of hydrogen-bond acceptors (Lipinski definition) is 4. The number of hydrogen-bond donors (Lipinski definition) is 1. The van der Waals surface area contributed by atoms with Crippen molar-refractivity contribution >= 4 is 15.7 Å². The number of sulfone groups is 1. The molecular weight excluding hydrogens is 252 g/mol. The minimum atomic E-state index is -2.79. The summed E-state index contributed by atoms with van der Waals surface area (Å²) in [7, 11) is -2.79. The van der Waals surface area contributed by atoms with Crippen molar-refractivity contribution in [2.24, 2.45) is 0 Å². The molecule has 2 heterocycles. The van der Waals surface area contributed by atoms with Crippen molar-refractivity contribution < 1.29 is 13.2 Å². The minimum absolute atomic E-state index is 0.234. The summed E-state index contributed by atoms with van der Waals surface area (Å²) >= 11 is 0. The maximum absolute atomic E-state index is 11.5. The molecule has 1 unspecified atom stereocenters. The Labute approximate surface area is 109 Å². The Morgan fingerprint density at radius 1 is 1.39 bits per heavy atom. The predicted molar refractivity (Wildman–Crippen MR) is 70.1 cm³/mol. The molecule has 0 bridgehead atoms. The SMILES string of the molecule is CC(CN1CCCC1=O)NC1CCS(=O)(=O)CC1. The smallest absolute Gasteiger partial charge is 0.222 e. The quantitative estimate of drug-likeness (QED) is 0.793. The van der Waals surface area contributed by atoms with E-state index in [9.17, 15) is 13.2 Å². The summed E-state index contributed by atoms with van der Waals surface area (Å²) in [4.78, 5) is 13.4. The second-order valence-electron chi connectivity index (χ2n) is 5.44. The average molecular weight is 274 g/mol. The van der Waals surface area contributed by atoms with Gasteiger partial charge in [-0.1, -0.05) is 0 Å². The monoisotopic (exact) mass is 274 g/mol. The highest BCUT2D eigenvalue weighted by atomic mass is 32.2. The van der Waals surface area contributed by atoms with E-state index in [1.165, 1.54) is 0 Å². The Bertz CT molecular complexity index is 394. The van der Waals surface area contributed by atoms with Crippen LogP contribution in [0.5, 0.6) is 0 Å². The van der Waals surface area contributed by atoms with Crippen LogP contribution in [0, 0.1) is 0 Å². The molecule has 2 aliphatic rings. The van der Waals surface area contributed by atoms with Gasteiger partial charge in [-0.05, 0) is 26.2 Å². The van der Waals surface area contributed by atoms with Crippen LogP contribution in [0.2, 0.25) is 0 Å². The molecule has 104 valence electrons. The van der Waals surface area contributed by atoms with Crippen molar-refractivity contribution in [2.75, 3.05) is 24.6 Å². The van der Waals surface area contributed by atoms with Gasteiger partial charge in [0.05, 0.1) is 11.5 Å². The maximum Gasteiger partial charge on any atom is 0.222 e. The van der Waals surface area contributed by atoms with E-state index in [1.807, 2.05) is 4.90 Å². The number of likely N-dealkylation sites (tertiary alicyclic amines) is 1. The van der Waals surface area contributed by atoms with Crippen molar-refractivity contribution in [2.45, 2.75) is 44.7 Å². The van der Waals surface area contributed by atoms with Gasteiger partial charge in [0.25, 0.3) is 0 Å². The maximum atomic E-state index is 11.5. The summed E-state index contributed by atoms with van der Waals surface area (Å²) in [6.45, 7) is 3.67. The normalized spacial score (nSPS) is 26.5. The highest BCUT2D eigenvalue weighted by Gasteiger charge is 2.26. The van der Waals surface area contributed by atoms with Crippen molar-refractivity contribution in [1.29, 1.82) is 0 Å². The molecule has 0 aromatic rings. The predicted octanol–water partition coefficient (Wildman–Crippen LogP) is 0.164. The first kappa shape index (κ1) is 13.8. The number of nitrogens with zero attached hydrogens (tertiary/aromatic N) is 1. The minimum Gasteiger partial charge on any atom is -0.341 e. The largest absolute Gasteiger partial charge is 0.341 e. The summed E-state index contributed by atoms with van der Waals surface area (Å²) < 4.78 is 22.6. The molecule has 0 aromatic heterocycles. The molecule has 2 fully saturated rings. The fourth-order valence-electron chi connectivity index (χ4n) is 2.74. The van der Waals surface area contributed by atoms with Crippen molar-refractivity contribution in [3.05, 3.63) is 0 Å². The summed E-state index contributed by atoms with van der Waals surface area (Å²) in [6, 6.07) is 0.513. The molecule has 2 rings (SSSR count). The third-order valence-electron chi connectivity index (χ3n) is 3.74. The van der Waals surface area contributed by atoms with Gasteiger partial charge in [0.1, 0.15) is 9.84 Å². The van der Waals surface area contributed by atoms with Crippen LogP contribution in [0.3, 0.4) is 0 Å². The molecule has 5 nitrogen and oxygen atoms in total. The van der Waals surface area contributed by atoms with Gasteiger partial charge in [0.2, 0.25) is 5.91 Å². The molecular formula is C12H22N2O3S. The molecule has 0 radical (unpaired) electrons. The lowest BCUT2D eigenvalue weighted by Gasteiger charge is -2.29. The van der Waals surface area contributed by atoms with Crippen LogP contribution >= 0.6 is 0 Å². The fraction of sp³-hybridized carbons (Fsp3) is 0.917. The zero-order valence-corrected chi connectivity index (χ0v) is 11.7. The van der Waals surface area contributed by atoms with E-state index >= 15 is 0 Å². The van der Waals surface area contributed by atoms with Crippen LogP contribution in [0.25, 0.3) is 0 Å². The standard InChI is InChI=1S/C12H22N2O3S/c1-10(9-14-6-2-3-12(14)15)13-11-4-7-18(16,17)8-5-11/h10-11,13H,2-9H2,1H3. The average Bonchev–Trinajstić information content (AvgIpc) is 2.68. The molecule has 1 N–H and O–H groups in total. The Kier molecular flexibility index (Phi) is 4.27. The van der Waals surface area contributed by atoms with E-state index < -0.39 is 9.84 Å². The second kappa shape index (κ2) is 5.57. The van der Waals surface area contributed by atoms with Crippen LogP contribution in [0.15, 0.2) is 0 Å². The Morgan fingerprint density at radius 2 is 2.06 bits per heavy atom. The molecule has 0 aromatic carbocycles. The zero-order valence-electron chi connectivity index (χ0n) is 10.9. The third kappa shape index (κ3) is 3.68. The van der Waals surface area contributed by atoms with Crippen LogP contribution in [0.4, 0.5) is 0 Å². The van der Waals surface area contributed by atoms with Crippen LogP contribution in [-0.4, -0.2) is 55.9 Å². The first-order chi connectivity index (χ1) is 8.46. The van der Waals surface area contributed by atoms with E-state index in [1.54, 1.807) is 0 Å². The lowest BCUT2D eigenvalue weighted by Crippen LogP contribution is -2.47. The lowest BCUT2D eigenvalue weighted by atomic mass is 10.1. The first-order valence-corrected chi connectivity index (χ1v) is 8.53. The number of carbonyl (C=O) groups is 1. The molecule has 2 saturated heterocycles. The molecule has 1 amide bonds. The molecule has 0 spiro atoms. The second-order valence-corrected chi connectivity index (χ2v) is 7.74. The molecule has 1 atom stereocenters. The van der Waals surface area contributed by atoms with E-state index in [-0.39, 0.29) is 18.0 Å². The number of amides is 1. The highest BCUT2D eigenvalue weighted by molar-refractivity contribution is 7.91. The molecule has 6 heteroatoms. The summed E-state index contributed by atoms with van der Waals surface area (Å²) in [5, 5.41) is 3.45. The lowest BCUT2D eigenvalue weighted by molar-refractivity contribution is -0.127. The van der Waals surface area contributed by atoms with Gasteiger partial charge in [0.15, 0.2) is 0 Å². The van der Waals surface area contributed by atoms with Gasteiger partial charge >= 0.3 is 0 Å². The van der Waals surface area contributed by atoms with Gasteiger partial charge in [-0.25, -0.2) is 8.42 Å². The number of carbonyl (C=O) groups excluding carboxylic acids is 1. The Morgan fingerprint density at radius 3 is 2.61 bits per heavy atom. The summed E-state index contributed by atoms with van der Waals surface area (Å²) in [6.07, 6.45) is 3.03. The Balaban J connectivity index is 1.74. The van der Waals surface area contributed by atoms with Crippen LogP contribution in [0.1, 0.15) is 32.6 Å². The summed E-state index contributed by atoms with van der Waals surface area (Å²) in [5.41, 5.74) is 0. The highest BCUT2D eigenvalue weighted by Crippen LogP contribution is 2.14. The molecule has 0 saturated carbocycles. The van der Waals surface area contributed by atoms with E-state index in [4.69, 9.17) is 0 Å². The van der Waals surface area contributed by atoms with Crippen LogP contribution < -0.4 is 5.32 Å². The van der Waals surface area contributed by atoms with Gasteiger partial charge in [-0.2, -0.15) is 0 Å². The fourth-order valence-corrected chi connectivity index (χ4v) is 4.23. The van der Waals surface area contributed by atoms with Crippen LogP contribution in [-0.2, 0) is 14.6 Å². The van der Waals surface area contributed by atoms with Gasteiger partial charge < -0.3 is 10.2 Å². The molecule has 18 heavy (non-hydrogen) atoms. The number of nitrogens with one attached hydrogen (secondary N) is 1. The van der Waals surface area contributed by atoms with E-state index in [0.717, 1.165) is 19.5 Å². The zero-order chi connectivity index (χ0) is 13.2. The topological polar surface area (TPSA) is 66.5 Å². The van der Waals surface area contributed by atoms with Crippen molar-refractivity contribution in [1.82, 2.24) is 10.2 Å². The Hall–Kier alpha value is -0.620. The van der Waals surface area contributed by atoms with Gasteiger partial charge in [-0.15, -0.1) is 0 Å². The van der Waals surface area contributed by atoms with Gasteiger partial charge in [0, 0.05) is 31.6 Å². The molecule has 2 aliphatic heterocycles. The number of rotatable bonds is 4. The van der Waals surface area contributed by atoms with E-state index in [2.05, 4.69) is 12.2 Å². The van der Waals surface area contributed by atoms with E-state index in [0.29, 0.717) is 30.8 Å². The summed E-state index contributed by atoms with van der Waals surface area (Å²) in [5.74, 6) is 0.829. The third-order valence-corrected chi connectivity index (χ3v) is 5.46. The van der Waals surface area contributed by atoms with Crippen molar-refractivity contribution in [3.8, 4) is 0 Å². The van der Waals surface area contributed by atoms with Crippen molar-refractivity contribution in [3.63, 3.8) is 0 Å².